The van der Waals surface area contributed by atoms with E-state index >= 15 is 0 Å². The first kappa shape index (κ1) is 15.0. The number of benzene rings is 2. The Balaban J connectivity index is 1.88. The zero-order chi connectivity index (χ0) is 14.8. The van der Waals surface area contributed by atoms with Gasteiger partial charge in [0.05, 0.1) is 0 Å². The minimum atomic E-state index is 0.158. The van der Waals surface area contributed by atoms with Gasteiger partial charge < -0.3 is 5.73 Å². The van der Waals surface area contributed by atoms with Crippen molar-refractivity contribution in [3.05, 3.63) is 58.1 Å². The molecule has 0 amide bonds. The van der Waals surface area contributed by atoms with Crippen LogP contribution in [0.3, 0.4) is 0 Å². The molecule has 110 valence electrons. The molecule has 0 fully saturated rings. The van der Waals surface area contributed by atoms with E-state index in [2.05, 4.69) is 30.3 Å². The largest absolute Gasteiger partial charge is 0.328 e. The third-order valence-electron chi connectivity index (χ3n) is 3.87. The lowest BCUT2D eigenvalue weighted by Crippen LogP contribution is -2.18. The SMILES string of the molecule is CC(N)Cc1ccc(Cl)cc1Sc1ccc2c(c1)CCC2. The molecule has 1 aliphatic carbocycles. The number of fused-ring (bicyclic) bond motifs is 1. The average molecular weight is 318 g/mol. The maximum Gasteiger partial charge on any atom is 0.0417 e. The van der Waals surface area contributed by atoms with Gasteiger partial charge in [-0.1, -0.05) is 35.5 Å². The summed E-state index contributed by atoms with van der Waals surface area (Å²) in [6, 6.07) is 13.1. The lowest BCUT2D eigenvalue weighted by molar-refractivity contribution is 0.729. The second-order valence-corrected chi connectivity index (χ2v) is 7.37. The highest BCUT2D eigenvalue weighted by atomic mass is 35.5. The molecule has 1 nitrogen and oxygen atoms in total. The quantitative estimate of drug-likeness (QED) is 0.870. The molecule has 2 N–H and O–H groups in total. The normalized spacial score (nSPS) is 15.0. The number of aryl methyl sites for hydroxylation is 2. The fourth-order valence-electron chi connectivity index (χ4n) is 2.88. The second-order valence-electron chi connectivity index (χ2n) is 5.82. The summed E-state index contributed by atoms with van der Waals surface area (Å²) in [5.74, 6) is 0. The van der Waals surface area contributed by atoms with Gasteiger partial charge in [0, 0.05) is 20.9 Å². The molecular weight excluding hydrogens is 298 g/mol. The van der Waals surface area contributed by atoms with Gasteiger partial charge in [-0.2, -0.15) is 0 Å². The van der Waals surface area contributed by atoms with Crippen LogP contribution in [0.2, 0.25) is 5.02 Å². The van der Waals surface area contributed by atoms with E-state index in [0.717, 1.165) is 11.4 Å². The molecule has 0 saturated heterocycles. The van der Waals surface area contributed by atoms with E-state index in [1.165, 1.54) is 45.7 Å². The van der Waals surface area contributed by atoms with Gasteiger partial charge in [0.1, 0.15) is 0 Å². The molecule has 0 heterocycles. The summed E-state index contributed by atoms with van der Waals surface area (Å²) < 4.78 is 0. The minimum Gasteiger partial charge on any atom is -0.328 e. The lowest BCUT2D eigenvalue weighted by atomic mass is 10.1. The molecule has 1 aliphatic rings. The van der Waals surface area contributed by atoms with Crippen LogP contribution in [0, 0.1) is 0 Å². The Morgan fingerprint density at radius 3 is 2.76 bits per heavy atom. The van der Waals surface area contributed by atoms with Gasteiger partial charge in [-0.25, -0.2) is 0 Å². The van der Waals surface area contributed by atoms with Crippen LogP contribution in [-0.2, 0) is 19.3 Å². The van der Waals surface area contributed by atoms with E-state index in [0.29, 0.717) is 0 Å². The van der Waals surface area contributed by atoms with Crippen molar-refractivity contribution in [3.8, 4) is 0 Å². The van der Waals surface area contributed by atoms with Crippen molar-refractivity contribution in [1.82, 2.24) is 0 Å². The van der Waals surface area contributed by atoms with Crippen LogP contribution in [0.5, 0.6) is 0 Å². The Labute approximate surface area is 135 Å². The number of rotatable bonds is 4. The first-order chi connectivity index (χ1) is 10.1. The second kappa shape index (κ2) is 6.43. The Hall–Kier alpha value is -0.960. The van der Waals surface area contributed by atoms with Crippen molar-refractivity contribution in [2.75, 3.05) is 0 Å². The van der Waals surface area contributed by atoms with Gasteiger partial charge >= 0.3 is 0 Å². The lowest BCUT2D eigenvalue weighted by Gasteiger charge is -2.12. The van der Waals surface area contributed by atoms with Gasteiger partial charge in [0.15, 0.2) is 0 Å². The van der Waals surface area contributed by atoms with Gasteiger partial charge in [-0.05, 0) is 73.6 Å². The number of halogens is 1. The summed E-state index contributed by atoms with van der Waals surface area (Å²) >= 11 is 7.97. The van der Waals surface area contributed by atoms with E-state index in [-0.39, 0.29) is 6.04 Å². The van der Waals surface area contributed by atoms with Gasteiger partial charge in [-0.15, -0.1) is 0 Å². The van der Waals surface area contributed by atoms with Crippen LogP contribution < -0.4 is 5.73 Å². The van der Waals surface area contributed by atoms with Crippen molar-refractivity contribution in [2.45, 2.75) is 48.4 Å². The fraction of sp³-hybridized carbons (Fsp3) is 0.333. The molecule has 1 atom stereocenters. The van der Waals surface area contributed by atoms with Crippen LogP contribution >= 0.6 is 23.4 Å². The monoisotopic (exact) mass is 317 g/mol. The average Bonchev–Trinajstić information content (AvgIpc) is 2.89. The van der Waals surface area contributed by atoms with E-state index in [1.807, 2.05) is 13.0 Å². The molecule has 0 spiro atoms. The highest BCUT2D eigenvalue weighted by Gasteiger charge is 2.13. The number of nitrogens with two attached hydrogens (primary N) is 1. The zero-order valence-corrected chi connectivity index (χ0v) is 13.8. The molecular formula is C18H20ClNS. The summed E-state index contributed by atoms with van der Waals surface area (Å²) in [5, 5.41) is 0.784. The highest BCUT2D eigenvalue weighted by Crippen LogP contribution is 2.35. The van der Waals surface area contributed by atoms with Crippen molar-refractivity contribution in [1.29, 1.82) is 0 Å². The molecule has 0 aromatic heterocycles. The first-order valence-electron chi connectivity index (χ1n) is 7.45. The van der Waals surface area contributed by atoms with Gasteiger partial charge in [-0.3, -0.25) is 0 Å². The van der Waals surface area contributed by atoms with E-state index in [1.54, 1.807) is 11.8 Å². The summed E-state index contributed by atoms with van der Waals surface area (Å²) in [6.45, 7) is 2.04. The third-order valence-corrected chi connectivity index (χ3v) is 5.19. The van der Waals surface area contributed by atoms with Crippen molar-refractivity contribution in [2.24, 2.45) is 5.73 Å². The molecule has 3 rings (SSSR count). The number of hydrogen-bond acceptors (Lipinski definition) is 2. The molecule has 0 radical (unpaired) electrons. The molecule has 0 saturated carbocycles. The maximum atomic E-state index is 6.17. The predicted molar refractivity (Wildman–Crippen MR) is 91.4 cm³/mol. The molecule has 21 heavy (non-hydrogen) atoms. The highest BCUT2D eigenvalue weighted by molar-refractivity contribution is 7.99. The van der Waals surface area contributed by atoms with Gasteiger partial charge in [0.2, 0.25) is 0 Å². The summed E-state index contributed by atoms with van der Waals surface area (Å²) in [4.78, 5) is 2.52. The van der Waals surface area contributed by atoms with Crippen LogP contribution in [0.25, 0.3) is 0 Å². The van der Waals surface area contributed by atoms with Crippen LogP contribution in [-0.4, -0.2) is 6.04 Å². The van der Waals surface area contributed by atoms with Crippen molar-refractivity contribution in [3.63, 3.8) is 0 Å². The van der Waals surface area contributed by atoms with Crippen LogP contribution in [0.4, 0.5) is 0 Å². The third kappa shape index (κ3) is 3.63. The maximum absolute atomic E-state index is 6.17. The van der Waals surface area contributed by atoms with E-state index < -0.39 is 0 Å². The first-order valence-corrected chi connectivity index (χ1v) is 8.65. The molecule has 2 aromatic carbocycles. The number of hydrogen-bond donors (Lipinski definition) is 1. The predicted octanol–water partition coefficient (Wildman–Crippen LogP) is 4.87. The Bertz CT molecular complexity index is 652. The molecule has 2 aromatic rings. The molecule has 1 unspecified atom stereocenters. The minimum absolute atomic E-state index is 0.158. The van der Waals surface area contributed by atoms with Crippen LogP contribution in [0.1, 0.15) is 30.0 Å². The van der Waals surface area contributed by atoms with Crippen LogP contribution in [0.15, 0.2) is 46.2 Å². The van der Waals surface area contributed by atoms with Crippen molar-refractivity contribution >= 4 is 23.4 Å². The van der Waals surface area contributed by atoms with E-state index in [9.17, 15) is 0 Å². The zero-order valence-electron chi connectivity index (χ0n) is 12.2. The van der Waals surface area contributed by atoms with Crippen molar-refractivity contribution < 1.29 is 0 Å². The van der Waals surface area contributed by atoms with Gasteiger partial charge in [0.25, 0.3) is 0 Å². The topological polar surface area (TPSA) is 26.0 Å². The molecule has 0 aliphatic heterocycles. The fourth-order valence-corrected chi connectivity index (χ4v) is 4.17. The smallest absolute Gasteiger partial charge is 0.0417 e. The Morgan fingerprint density at radius 1 is 1.14 bits per heavy atom. The Kier molecular flexibility index (Phi) is 4.58. The van der Waals surface area contributed by atoms with E-state index in [4.69, 9.17) is 17.3 Å². The molecule has 0 bridgehead atoms. The molecule has 3 heteroatoms. The summed E-state index contributed by atoms with van der Waals surface area (Å²) in [6.07, 6.45) is 4.61. The summed E-state index contributed by atoms with van der Waals surface area (Å²) in [5.41, 5.74) is 10.3. The summed E-state index contributed by atoms with van der Waals surface area (Å²) in [7, 11) is 0. The standard InChI is InChI=1S/C18H20ClNS/c1-12(20)9-15-5-7-16(19)11-18(15)21-17-8-6-13-3-2-4-14(13)10-17/h5-8,10-12H,2-4,9,20H2,1H3. The Morgan fingerprint density at radius 2 is 1.95 bits per heavy atom.